The number of rotatable bonds is 2. The summed E-state index contributed by atoms with van der Waals surface area (Å²) in [5, 5.41) is 0. The van der Waals surface area contributed by atoms with E-state index in [1.165, 1.54) is 33.4 Å². The molecule has 2 rings (SSSR count). The van der Waals surface area contributed by atoms with Crippen molar-refractivity contribution in [2.24, 2.45) is 0 Å². The molecule has 0 radical (unpaired) electrons. The SMILES string of the molecule is C=CC(=C)C.CC.Cc1ccc(-c2ccc(C)c(C)c2)cc1C. The molecule has 0 saturated carbocycles. The van der Waals surface area contributed by atoms with Gasteiger partial charge in [0.05, 0.1) is 0 Å². The molecule has 0 saturated heterocycles. The van der Waals surface area contributed by atoms with E-state index in [1.54, 1.807) is 6.08 Å². The molecule has 2 aromatic rings. The van der Waals surface area contributed by atoms with Crippen LogP contribution in [0.5, 0.6) is 0 Å². The molecule has 0 atom stereocenters. The summed E-state index contributed by atoms with van der Waals surface area (Å²) in [6, 6.07) is 13.3. The summed E-state index contributed by atoms with van der Waals surface area (Å²) in [5.74, 6) is 0. The van der Waals surface area contributed by atoms with Gasteiger partial charge in [0.2, 0.25) is 0 Å². The van der Waals surface area contributed by atoms with Crippen LogP contribution in [0.25, 0.3) is 11.1 Å². The van der Waals surface area contributed by atoms with Crippen molar-refractivity contribution < 1.29 is 0 Å². The van der Waals surface area contributed by atoms with Crippen molar-refractivity contribution in [2.75, 3.05) is 0 Å². The van der Waals surface area contributed by atoms with Gasteiger partial charge in [0, 0.05) is 0 Å². The van der Waals surface area contributed by atoms with Crippen LogP contribution < -0.4 is 0 Å². The van der Waals surface area contributed by atoms with Crippen LogP contribution in [0.1, 0.15) is 43.0 Å². The van der Waals surface area contributed by atoms with Crippen LogP contribution in [0.4, 0.5) is 0 Å². The van der Waals surface area contributed by atoms with Gasteiger partial charge in [0.15, 0.2) is 0 Å². The Hall–Kier alpha value is -2.08. The minimum absolute atomic E-state index is 1.02. The van der Waals surface area contributed by atoms with Gasteiger partial charge >= 0.3 is 0 Å². The fourth-order valence-corrected chi connectivity index (χ4v) is 1.84. The second-order valence-corrected chi connectivity index (χ2v) is 5.65. The number of allylic oxidation sites excluding steroid dienone is 2. The largest absolute Gasteiger partial charge is 0.0988 e. The molecule has 0 aliphatic rings. The van der Waals surface area contributed by atoms with E-state index in [0.29, 0.717) is 0 Å². The highest BCUT2D eigenvalue weighted by atomic mass is 14.1. The van der Waals surface area contributed by atoms with Crippen molar-refractivity contribution in [3.63, 3.8) is 0 Å². The van der Waals surface area contributed by atoms with Crippen LogP contribution in [0.3, 0.4) is 0 Å². The molecule has 0 fully saturated rings. The maximum atomic E-state index is 3.56. The van der Waals surface area contributed by atoms with Gasteiger partial charge in [-0.1, -0.05) is 75.1 Å². The van der Waals surface area contributed by atoms with Crippen LogP contribution >= 0.6 is 0 Å². The Labute approximate surface area is 143 Å². The molecule has 23 heavy (non-hydrogen) atoms. The minimum Gasteiger partial charge on any atom is -0.0988 e. The quantitative estimate of drug-likeness (QED) is 0.508. The first-order valence-electron chi connectivity index (χ1n) is 8.28. The zero-order valence-electron chi connectivity index (χ0n) is 16.0. The smallest absolute Gasteiger partial charge is 0.0181 e. The van der Waals surface area contributed by atoms with Crippen LogP contribution in [0.2, 0.25) is 0 Å². The van der Waals surface area contributed by atoms with Crippen molar-refractivity contribution in [1.29, 1.82) is 0 Å². The molecule has 0 aliphatic heterocycles. The van der Waals surface area contributed by atoms with Gasteiger partial charge in [0.1, 0.15) is 0 Å². The van der Waals surface area contributed by atoms with Gasteiger partial charge in [-0.3, -0.25) is 0 Å². The molecular formula is C23H32. The predicted octanol–water partition coefficient (Wildman–Crippen LogP) is 7.36. The van der Waals surface area contributed by atoms with Crippen molar-refractivity contribution in [3.8, 4) is 11.1 Å². The third kappa shape index (κ3) is 7.15. The molecule has 0 unspecified atom stereocenters. The van der Waals surface area contributed by atoms with Crippen molar-refractivity contribution in [3.05, 3.63) is 83.5 Å². The highest BCUT2D eigenvalue weighted by molar-refractivity contribution is 5.66. The lowest BCUT2D eigenvalue weighted by Gasteiger charge is -2.08. The normalized spacial score (nSPS) is 9.00. The fourth-order valence-electron chi connectivity index (χ4n) is 1.84. The average molecular weight is 309 g/mol. The maximum Gasteiger partial charge on any atom is -0.0181 e. The summed E-state index contributed by atoms with van der Waals surface area (Å²) in [6.45, 7) is 21.6. The number of hydrogen-bond donors (Lipinski definition) is 0. The van der Waals surface area contributed by atoms with E-state index >= 15 is 0 Å². The van der Waals surface area contributed by atoms with Crippen molar-refractivity contribution in [1.82, 2.24) is 0 Å². The number of benzene rings is 2. The van der Waals surface area contributed by atoms with E-state index in [2.05, 4.69) is 77.3 Å². The zero-order chi connectivity index (χ0) is 18.0. The Morgan fingerprint density at radius 1 is 0.739 bits per heavy atom. The third-order valence-corrected chi connectivity index (χ3v) is 3.70. The zero-order valence-corrected chi connectivity index (χ0v) is 16.0. The fraction of sp³-hybridized carbons (Fsp3) is 0.304. The summed E-state index contributed by atoms with van der Waals surface area (Å²) >= 11 is 0. The highest BCUT2D eigenvalue weighted by Crippen LogP contribution is 2.24. The first kappa shape index (κ1) is 20.9. The summed E-state index contributed by atoms with van der Waals surface area (Å²) in [7, 11) is 0. The van der Waals surface area contributed by atoms with Gasteiger partial charge in [-0.05, 0) is 68.0 Å². The second kappa shape index (κ2) is 10.6. The standard InChI is InChI=1S/C16H18.C5H8.C2H6/c1-11-5-7-15(9-13(11)3)16-8-6-12(2)14(4)10-16;1-4-5(2)3;1-2/h5-10H,1-4H3;4H,1-2H2,3H3;1-2H3. The summed E-state index contributed by atoms with van der Waals surface area (Å²) in [4.78, 5) is 0. The summed E-state index contributed by atoms with van der Waals surface area (Å²) in [5.41, 5.74) is 9.06. The molecule has 0 spiro atoms. The Morgan fingerprint density at radius 2 is 1.04 bits per heavy atom. The van der Waals surface area contributed by atoms with Crippen molar-refractivity contribution in [2.45, 2.75) is 48.5 Å². The molecule has 2 aromatic carbocycles. The lowest BCUT2D eigenvalue weighted by Crippen LogP contribution is -1.86. The Morgan fingerprint density at radius 3 is 1.26 bits per heavy atom. The monoisotopic (exact) mass is 308 g/mol. The minimum atomic E-state index is 1.02. The first-order chi connectivity index (χ1) is 10.8. The second-order valence-electron chi connectivity index (χ2n) is 5.65. The lowest BCUT2D eigenvalue weighted by molar-refractivity contribution is 1.32. The molecule has 0 aliphatic carbocycles. The predicted molar refractivity (Wildman–Crippen MR) is 107 cm³/mol. The van der Waals surface area contributed by atoms with E-state index in [1.807, 2.05) is 20.8 Å². The van der Waals surface area contributed by atoms with Gasteiger partial charge in [-0.2, -0.15) is 0 Å². The molecular weight excluding hydrogens is 276 g/mol. The van der Waals surface area contributed by atoms with Crippen LogP contribution in [0.15, 0.2) is 61.2 Å². The van der Waals surface area contributed by atoms with Crippen LogP contribution in [-0.4, -0.2) is 0 Å². The van der Waals surface area contributed by atoms with E-state index in [9.17, 15) is 0 Å². The molecule has 0 amide bonds. The van der Waals surface area contributed by atoms with E-state index in [4.69, 9.17) is 0 Å². The number of aryl methyl sites for hydroxylation is 4. The third-order valence-electron chi connectivity index (χ3n) is 3.70. The van der Waals surface area contributed by atoms with Gasteiger partial charge in [0.25, 0.3) is 0 Å². The lowest BCUT2D eigenvalue weighted by atomic mass is 9.98. The van der Waals surface area contributed by atoms with Gasteiger partial charge in [-0.15, -0.1) is 0 Å². The molecule has 0 heterocycles. The molecule has 0 aromatic heterocycles. The van der Waals surface area contributed by atoms with Crippen molar-refractivity contribution >= 4 is 0 Å². The summed E-state index contributed by atoms with van der Waals surface area (Å²) in [6.07, 6.45) is 1.72. The Balaban J connectivity index is 0.000000594. The van der Waals surface area contributed by atoms with Crippen LogP contribution in [0, 0.1) is 27.7 Å². The van der Waals surface area contributed by atoms with E-state index in [-0.39, 0.29) is 0 Å². The maximum absolute atomic E-state index is 3.56. The molecule has 0 heteroatoms. The molecule has 124 valence electrons. The topological polar surface area (TPSA) is 0 Å². The Kier molecular flexibility index (Phi) is 9.65. The van der Waals surface area contributed by atoms with Gasteiger partial charge < -0.3 is 0 Å². The molecule has 0 N–H and O–H groups in total. The highest BCUT2D eigenvalue weighted by Gasteiger charge is 2.01. The molecule has 0 nitrogen and oxygen atoms in total. The van der Waals surface area contributed by atoms with Crippen LogP contribution in [-0.2, 0) is 0 Å². The summed E-state index contributed by atoms with van der Waals surface area (Å²) < 4.78 is 0. The number of hydrogen-bond acceptors (Lipinski definition) is 0. The van der Waals surface area contributed by atoms with Gasteiger partial charge in [-0.25, -0.2) is 0 Å². The molecule has 0 bridgehead atoms. The van der Waals surface area contributed by atoms with E-state index in [0.717, 1.165) is 5.57 Å². The Bertz CT molecular complexity index is 596. The average Bonchev–Trinajstić information content (AvgIpc) is 2.55. The van der Waals surface area contributed by atoms with E-state index < -0.39 is 0 Å². The first-order valence-corrected chi connectivity index (χ1v) is 8.28.